The zero-order valence-electron chi connectivity index (χ0n) is 13.8. The molecule has 2 rings (SSSR count). The Kier molecular flexibility index (Phi) is 6.16. The minimum absolute atomic E-state index is 0.193. The Morgan fingerprint density at radius 1 is 1.08 bits per heavy atom. The molecule has 0 aliphatic carbocycles. The molecule has 4 nitrogen and oxygen atoms in total. The number of hydrogen-bond acceptors (Lipinski definition) is 3. The maximum Gasteiger partial charge on any atom is 0.416 e. The highest BCUT2D eigenvalue weighted by Crippen LogP contribution is 2.29. The van der Waals surface area contributed by atoms with Crippen LogP contribution in [0.25, 0.3) is 6.08 Å². The van der Waals surface area contributed by atoms with Gasteiger partial charge in [-0.25, -0.2) is 4.79 Å². The molecule has 2 aromatic carbocycles. The minimum atomic E-state index is -4.46. The molecule has 0 heterocycles. The maximum absolute atomic E-state index is 12.6. The number of nitrogens with one attached hydrogen (secondary N) is 1. The van der Waals surface area contributed by atoms with Crippen LogP contribution in [-0.4, -0.2) is 18.0 Å². The van der Waals surface area contributed by atoms with Gasteiger partial charge in [0.25, 0.3) is 5.91 Å². The lowest BCUT2D eigenvalue weighted by Gasteiger charge is -2.12. The van der Waals surface area contributed by atoms with Gasteiger partial charge in [-0.15, -0.1) is 0 Å². The number of carbonyl (C=O) groups excluding carboxylic acids is 2. The molecule has 136 valence electrons. The molecule has 0 spiro atoms. The van der Waals surface area contributed by atoms with Gasteiger partial charge in [0.05, 0.1) is 5.56 Å². The van der Waals surface area contributed by atoms with Crippen molar-refractivity contribution < 1.29 is 27.5 Å². The molecule has 0 aliphatic rings. The lowest BCUT2D eigenvalue weighted by Crippen LogP contribution is -2.29. The van der Waals surface area contributed by atoms with Gasteiger partial charge < -0.3 is 10.1 Å². The topological polar surface area (TPSA) is 55.4 Å². The van der Waals surface area contributed by atoms with Crippen molar-refractivity contribution in [2.75, 3.05) is 5.32 Å². The fraction of sp³-hybridized carbons (Fsp3) is 0.158. The van der Waals surface area contributed by atoms with Crippen LogP contribution in [0.3, 0.4) is 0 Å². The lowest BCUT2D eigenvalue weighted by molar-refractivity contribution is -0.148. The van der Waals surface area contributed by atoms with Crippen LogP contribution in [0.2, 0.25) is 0 Å². The Morgan fingerprint density at radius 3 is 2.42 bits per heavy atom. The Morgan fingerprint density at radius 2 is 1.77 bits per heavy atom. The van der Waals surface area contributed by atoms with Gasteiger partial charge >= 0.3 is 12.1 Å². The molecule has 2 aromatic rings. The van der Waals surface area contributed by atoms with Gasteiger partial charge in [-0.2, -0.15) is 13.2 Å². The van der Waals surface area contributed by atoms with Gasteiger partial charge in [0, 0.05) is 11.8 Å². The highest BCUT2D eigenvalue weighted by atomic mass is 19.4. The molecular formula is C19H16F3NO3. The highest BCUT2D eigenvalue weighted by molar-refractivity contribution is 5.96. The van der Waals surface area contributed by atoms with Crippen molar-refractivity contribution in [1.82, 2.24) is 0 Å². The third-order valence-corrected chi connectivity index (χ3v) is 3.33. The molecule has 0 radical (unpaired) electrons. The molecule has 26 heavy (non-hydrogen) atoms. The Hall–Kier alpha value is -3.09. The van der Waals surface area contributed by atoms with Crippen LogP contribution in [0.1, 0.15) is 18.1 Å². The smallest absolute Gasteiger partial charge is 0.416 e. The van der Waals surface area contributed by atoms with E-state index >= 15 is 0 Å². The SMILES string of the molecule is C[C@H](OC(=O)/C=C/c1cccc(C(F)(F)F)c1)C(=O)Nc1ccccc1. The second kappa shape index (κ2) is 8.33. The Balaban J connectivity index is 1.93. The number of halogens is 3. The van der Waals surface area contributed by atoms with E-state index in [2.05, 4.69) is 5.32 Å². The number of carbonyl (C=O) groups is 2. The maximum atomic E-state index is 12.6. The number of rotatable bonds is 5. The van der Waals surface area contributed by atoms with Crippen LogP contribution in [-0.2, 0) is 20.5 Å². The molecule has 0 saturated heterocycles. The third-order valence-electron chi connectivity index (χ3n) is 3.33. The first kappa shape index (κ1) is 19.2. The summed E-state index contributed by atoms with van der Waals surface area (Å²) < 4.78 is 42.9. The van der Waals surface area contributed by atoms with Gasteiger partial charge in [0.2, 0.25) is 0 Å². The predicted molar refractivity (Wildman–Crippen MR) is 91.1 cm³/mol. The number of amides is 1. The van der Waals surface area contributed by atoms with Crippen LogP contribution in [0.5, 0.6) is 0 Å². The van der Waals surface area contributed by atoms with E-state index in [1.807, 2.05) is 0 Å². The van der Waals surface area contributed by atoms with Gasteiger partial charge in [0.1, 0.15) is 0 Å². The van der Waals surface area contributed by atoms with Gasteiger partial charge in [-0.1, -0.05) is 30.3 Å². The van der Waals surface area contributed by atoms with E-state index in [-0.39, 0.29) is 5.56 Å². The number of alkyl halides is 3. The molecule has 0 aliphatic heterocycles. The van der Waals surface area contributed by atoms with Gasteiger partial charge in [0.15, 0.2) is 6.10 Å². The Bertz CT molecular complexity index is 801. The van der Waals surface area contributed by atoms with E-state index < -0.39 is 29.7 Å². The largest absolute Gasteiger partial charge is 0.449 e. The van der Waals surface area contributed by atoms with Crippen LogP contribution < -0.4 is 5.32 Å². The quantitative estimate of drug-likeness (QED) is 0.637. The highest BCUT2D eigenvalue weighted by Gasteiger charge is 2.30. The van der Waals surface area contributed by atoms with Gasteiger partial charge in [-0.3, -0.25) is 4.79 Å². The summed E-state index contributed by atoms with van der Waals surface area (Å²) in [5.41, 5.74) is -0.0679. The van der Waals surface area contributed by atoms with E-state index in [1.54, 1.807) is 30.3 Å². The van der Waals surface area contributed by atoms with Gasteiger partial charge in [-0.05, 0) is 42.8 Å². The van der Waals surface area contributed by atoms with E-state index in [0.29, 0.717) is 5.69 Å². The second-order valence-corrected chi connectivity index (χ2v) is 5.39. The number of hydrogen-bond donors (Lipinski definition) is 1. The average molecular weight is 363 g/mol. The summed E-state index contributed by atoms with van der Waals surface area (Å²) in [6, 6.07) is 13.1. The summed E-state index contributed by atoms with van der Waals surface area (Å²) in [6.07, 6.45) is -3.36. The van der Waals surface area contributed by atoms with Crippen molar-refractivity contribution in [1.29, 1.82) is 0 Å². The monoisotopic (exact) mass is 363 g/mol. The van der Waals surface area contributed by atoms with Crippen LogP contribution in [0.4, 0.5) is 18.9 Å². The standard InChI is InChI=1S/C19H16F3NO3/c1-13(18(25)23-16-8-3-2-4-9-16)26-17(24)11-10-14-6-5-7-15(12-14)19(20,21)22/h2-13H,1H3,(H,23,25)/b11-10+/t13-/m0/s1. The normalized spacial score (nSPS) is 12.6. The first-order valence-electron chi connectivity index (χ1n) is 7.67. The lowest BCUT2D eigenvalue weighted by atomic mass is 10.1. The fourth-order valence-corrected chi connectivity index (χ4v) is 2.02. The van der Waals surface area contributed by atoms with Crippen LogP contribution >= 0.6 is 0 Å². The zero-order valence-corrected chi connectivity index (χ0v) is 13.8. The molecule has 0 bridgehead atoms. The fourth-order valence-electron chi connectivity index (χ4n) is 2.02. The first-order valence-corrected chi connectivity index (χ1v) is 7.67. The summed E-state index contributed by atoms with van der Waals surface area (Å²) in [5.74, 6) is -1.35. The van der Waals surface area contributed by atoms with E-state index in [0.717, 1.165) is 18.2 Å². The first-order chi connectivity index (χ1) is 12.3. The molecule has 1 N–H and O–H groups in total. The summed E-state index contributed by atoms with van der Waals surface area (Å²) >= 11 is 0. The average Bonchev–Trinajstić information content (AvgIpc) is 2.60. The molecular weight excluding hydrogens is 347 g/mol. The molecule has 1 amide bonds. The second-order valence-electron chi connectivity index (χ2n) is 5.39. The van der Waals surface area contributed by atoms with Crippen molar-refractivity contribution in [2.24, 2.45) is 0 Å². The Labute approximate surface area is 148 Å². The molecule has 0 unspecified atom stereocenters. The van der Waals surface area contributed by atoms with Crippen molar-refractivity contribution in [3.8, 4) is 0 Å². The number of anilines is 1. The molecule has 0 aromatic heterocycles. The minimum Gasteiger partial charge on any atom is -0.449 e. The summed E-state index contributed by atoms with van der Waals surface area (Å²) in [6.45, 7) is 1.40. The number of para-hydroxylation sites is 1. The number of esters is 1. The van der Waals surface area contributed by atoms with Crippen molar-refractivity contribution >= 4 is 23.6 Å². The summed E-state index contributed by atoms with van der Waals surface area (Å²) in [7, 11) is 0. The predicted octanol–water partition coefficient (Wildman–Crippen LogP) is 4.29. The third kappa shape index (κ3) is 5.77. The van der Waals surface area contributed by atoms with Crippen molar-refractivity contribution in [2.45, 2.75) is 19.2 Å². The van der Waals surface area contributed by atoms with E-state index in [1.165, 1.54) is 25.1 Å². The summed E-state index contributed by atoms with van der Waals surface area (Å²) in [5, 5.41) is 2.58. The van der Waals surface area contributed by atoms with Crippen molar-refractivity contribution in [3.05, 3.63) is 71.8 Å². The van der Waals surface area contributed by atoms with Crippen LogP contribution in [0, 0.1) is 0 Å². The molecule has 1 atom stereocenters. The number of benzene rings is 2. The molecule has 0 fully saturated rings. The molecule has 0 saturated carbocycles. The van der Waals surface area contributed by atoms with E-state index in [4.69, 9.17) is 4.74 Å². The van der Waals surface area contributed by atoms with Crippen molar-refractivity contribution in [3.63, 3.8) is 0 Å². The number of ether oxygens (including phenoxy) is 1. The molecule has 7 heteroatoms. The van der Waals surface area contributed by atoms with E-state index in [9.17, 15) is 22.8 Å². The summed E-state index contributed by atoms with van der Waals surface area (Å²) in [4.78, 5) is 23.7. The van der Waals surface area contributed by atoms with Crippen LogP contribution in [0.15, 0.2) is 60.7 Å². The zero-order chi connectivity index (χ0) is 19.2.